The Balaban J connectivity index is 3.03. The van der Waals surface area contributed by atoms with E-state index in [-0.39, 0.29) is 0 Å². The Morgan fingerprint density at radius 2 is 2.13 bits per heavy atom. The summed E-state index contributed by atoms with van der Waals surface area (Å²) in [4.78, 5) is 0. The predicted molar refractivity (Wildman–Crippen MR) is 68.2 cm³/mol. The fourth-order valence-corrected chi connectivity index (χ4v) is 1.80. The van der Waals surface area contributed by atoms with E-state index in [0.717, 1.165) is 22.6 Å². The molecule has 0 amide bonds. The molecule has 1 aromatic carbocycles. The van der Waals surface area contributed by atoms with Gasteiger partial charge in [0.1, 0.15) is 0 Å². The second-order valence-electron chi connectivity index (χ2n) is 4.03. The predicted octanol–water partition coefficient (Wildman–Crippen LogP) is 3.83. The second-order valence-corrected chi connectivity index (χ2v) is 4.47. The molecule has 0 radical (unpaired) electrons. The minimum Gasteiger partial charge on any atom is -0.330 e. The topological polar surface area (TPSA) is 26.0 Å². The molecule has 1 rings (SSSR count). The van der Waals surface area contributed by atoms with Crippen LogP contribution in [0.3, 0.4) is 0 Å². The summed E-state index contributed by atoms with van der Waals surface area (Å²) >= 11 is 6.07. The van der Waals surface area contributed by atoms with Crippen LogP contribution in [0.5, 0.6) is 0 Å². The largest absolute Gasteiger partial charge is 0.330 e. The summed E-state index contributed by atoms with van der Waals surface area (Å²) in [5, 5.41) is 0.773. The summed E-state index contributed by atoms with van der Waals surface area (Å²) in [6, 6.07) is 6.10. The van der Waals surface area contributed by atoms with E-state index in [4.69, 9.17) is 17.3 Å². The first-order valence-electron chi connectivity index (χ1n) is 5.21. The van der Waals surface area contributed by atoms with Gasteiger partial charge in [0.2, 0.25) is 0 Å². The maximum atomic E-state index is 6.07. The maximum Gasteiger partial charge on any atom is 0.0414 e. The molecule has 2 heteroatoms. The van der Waals surface area contributed by atoms with Gasteiger partial charge >= 0.3 is 0 Å². The number of hydrogen-bond acceptors (Lipinski definition) is 1. The quantitative estimate of drug-likeness (QED) is 0.825. The summed E-state index contributed by atoms with van der Waals surface area (Å²) < 4.78 is 0. The molecule has 1 unspecified atom stereocenters. The molecule has 2 N–H and O–H groups in total. The van der Waals surface area contributed by atoms with Gasteiger partial charge in [0, 0.05) is 5.02 Å². The Morgan fingerprint density at radius 3 is 2.67 bits per heavy atom. The van der Waals surface area contributed by atoms with E-state index >= 15 is 0 Å². The van der Waals surface area contributed by atoms with Gasteiger partial charge in [-0.15, -0.1) is 0 Å². The molecule has 0 fully saturated rings. The van der Waals surface area contributed by atoms with Crippen molar-refractivity contribution in [2.45, 2.75) is 26.2 Å². The highest BCUT2D eigenvalue weighted by atomic mass is 35.5. The molecule has 0 saturated carbocycles. The lowest BCUT2D eigenvalue weighted by Crippen LogP contribution is -2.04. The molecular weight excluding hydrogens is 206 g/mol. The molecule has 15 heavy (non-hydrogen) atoms. The van der Waals surface area contributed by atoms with Crippen LogP contribution in [0.4, 0.5) is 0 Å². The van der Waals surface area contributed by atoms with Gasteiger partial charge in [-0.05, 0) is 49.1 Å². The van der Waals surface area contributed by atoms with Crippen LogP contribution in [0, 0.1) is 0 Å². The van der Waals surface area contributed by atoms with Crippen LogP contribution < -0.4 is 5.73 Å². The Morgan fingerprint density at radius 1 is 1.47 bits per heavy atom. The average Bonchev–Trinajstić information content (AvgIpc) is 2.17. The number of benzene rings is 1. The van der Waals surface area contributed by atoms with Gasteiger partial charge in [0.25, 0.3) is 0 Å². The van der Waals surface area contributed by atoms with Crippen molar-refractivity contribution in [1.82, 2.24) is 0 Å². The van der Waals surface area contributed by atoms with Gasteiger partial charge in [-0.3, -0.25) is 0 Å². The van der Waals surface area contributed by atoms with Gasteiger partial charge in [-0.25, -0.2) is 0 Å². The molecular formula is C13H18ClN. The molecule has 0 bridgehead atoms. The summed E-state index contributed by atoms with van der Waals surface area (Å²) in [6.45, 7) is 8.79. The van der Waals surface area contributed by atoms with Crippen molar-refractivity contribution in [2.24, 2.45) is 5.73 Å². The van der Waals surface area contributed by atoms with Crippen molar-refractivity contribution in [3.63, 3.8) is 0 Å². The van der Waals surface area contributed by atoms with E-state index in [0.29, 0.717) is 12.5 Å². The molecule has 0 saturated heterocycles. The molecule has 0 aliphatic carbocycles. The Labute approximate surface area is 96.9 Å². The Hall–Kier alpha value is -0.790. The Kier molecular flexibility index (Phi) is 4.37. The van der Waals surface area contributed by atoms with Crippen molar-refractivity contribution < 1.29 is 0 Å². The lowest BCUT2D eigenvalue weighted by Gasteiger charge is -2.13. The number of nitrogens with two attached hydrogens (primary N) is 1. The molecule has 0 aliphatic rings. The molecule has 0 aliphatic heterocycles. The molecule has 82 valence electrons. The fraction of sp³-hybridized carbons (Fsp3) is 0.385. The van der Waals surface area contributed by atoms with Crippen LogP contribution >= 0.6 is 11.6 Å². The molecule has 0 spiro atoms. The minimum atomic E-state index is 0.451. The first kappa shape index (κ1) is 12.3. The van der Waals surface area contributed by atoms with Crippen LogP contribution in [-0.4, -0.2) is 6.54 Å². The standard InChI is InChI=1S/C13H18ClN/c1-9(2)11-6-12(8-13(14)7-11)10(3)4-5-15/h6-8,10H,1,4-5,15H2,2-3H3. The second kappa shape index (κ2) is 5.34. The van der Waals surface area contributed by atoms with Gasteiger partial charge in [-0.1, -0.05) is 36.7 Å². The van der Waals surface area contributed by atoms with E-state index in [1.807, 2.05) is 19.1 Å². The van der Waals surface area contributed by atoms with Crippen molar-refractivity contribution >= 4 is 17.2 Å². The molecule has 1 nitrogen and oxygen atoms in total. The zero-order valence-corrected chi connectivity index (χ0v) is 10.1. The monoisotopic (exact) mass is 223 g/mol. The van der Waals surface area contributed by atoms with Crippen LogP contribution in [-0.2, 0) is 0 Å². The molecule has 1 atom stereocenters. The minimum absolute atomic E-state index is 0.451. The lowest BCUT2D eigenvalue weighted by molar-refractivity contribution is 0.690. The van der Waals surface area contributed by atoms with Crippen LogP contribution in [0.15, 0.2) is 24.8 Å². The van der Waals surface area contributed by atoms with E-state index < -0.39 is 0 Å². The fourth-order valence-electron chi connectivity index (χ4n) is 1.56. The summed E-state index contributed by atoms with van der Waals surface area (Å²) in [5.41, 5.74) is 8.95. The Bertz CT molecular complexity index is 358. The van der Waals surface area contributed by atoms with Gasteiger partial charge < -0.3 is 5.73 Å². The van der Waals surface area contributed by atoms with E-state index in [9.17, 15) is 0 Å². The molecule has 0 heterocycles. The molecule has 0 aromatic heterocycles. The van der Waals surface area contributed by atoms with E-state index in [2.05, 4.69) is 19.6 Å². The summed E-state index contributed by atoms with van der Waals surface area (Å²) in [7, 11) is 0. The van der Waals surface area contributed by atoms with E-state index in [1.165, 1.54) is 5.56 Å². The normalized spacial score (nSPS) is 12.5. The van der Waals surface area contributed by atoms with Crippen LogP contribution in [0.1, 0.15) is 37.3 Å². The third-order valence-electron chi connectivity index (χ3n) is 2.58. The third kappa shape index (κ3) is 3.37. The van der Waals surface area contributed by atoms with Gasteiger partial charge in [-0.2, -0.15) is 0 Å². The number of hydrogen-bond donors (Lipinski definition) is 1. The van der Waals surface area contributed by atoms with Crippen molar-refractivity contribution in [3.8, 4) is 0 Å². The average molecular weight is 224 g/mol. The van der Waals surface area contributed by atoms with Gasteiger partial charge in [0.05, 0.1) is 0 Å². The highest BCUT2D eigenvalue weighted by Crippen LogP contribution is 2.26. The lowest BCUT2D eigenvalue weighted by atomic mass is 9.95. The van der Waals surface area contributed by atoms with Gasteiger partial charge in [0.15, 0.2) is 0 Å². The zero-order valence-electron chi connectivity index (χ0n) is 9.39. The maximum absolute atomic E-state index is 6.07. The van der Waals surface area contributed by atoms with Crippen LogP contribution in [0.25, 0.3) is 5.57 Å². The zero-order chi connectivity index (χ0) is 11.4. The van der Waals surface area contributed by atoms with Crippen molar-refractivity contribution in [1.29, 1.82) is 0 Å². The third-order valence-corrected chi connectivity index (χ3v) is 2.80. The summed E-state index contributed by atoms with van der Waals surface area (Å²) in [5.74, 6) is 0.451. The van der Waals surface area contributed by atoms with Crippen molar-refractivity contribution in [3.05, 3.63) is 40.9 Å². The first-order valence-corrected chi connectivity index (χ1v) is 5.59. The van der Waals surface area contributed by atoms with Crippen LogP contribution in [0.2, 0.25) is 5.02 Å². The molecule has 1 aromatic rings. The highest BCUT2D eigenvalue weighted by molar-refractivity contribution is 6.30. The highest BCUT2D eigenvalue weighted by Gasteiger charge is 2.07. The number of halogens is 1. The number of allylic oxidation sites excluding steroid dienone is 1. The first-order chi connectivity index (χ1) is 7.04. The smallest absolute Gasteiger partial charge is 0.0414 e. The van der Waals surface area contributed by atoms with Crippen molar-refractivity contribution in [2.75, 3.05) is 6.54 Å². The number of rotatable bonds is 4. The summed E-state index contributed by atoms with van der Waals surface area (Å²) in [6.07, 6.45) is 0.982. The SMILES string of the molecule is C=C(C)c1cc(Cl)cc(C(C)CCN)c1. The van der Waals surface area contributed by atoms with E-state index in [1.54, 1.807) is 0 Å².